The molecule has 0 unspecified atom stereocenters. The lowest BCUT2D eigenvalue weighted by molar-refractivity contribution is 0.102. The molecule has 0 aliphatic heterocycles. The number of pyridine rings is 1. The molecule has 0 fully saturated rings. The summed E-state index contributed by atoms with van der Waals surface area (Å²) in [5, 5.41) is 2.83. The van der Waals surface area contributed by atoms with Crippen molar-refractivity contribution in [2.45, 2.75) is 0 Å². The number of nitrogens with zero attached hydrogens (tertiary/aromatic N) is 3. The van der Waals surface area contributed by atoms with Crippen LogP contribution in [0.25, 0.3) is 11.0 Å². The highest BCUT2D eigenvalue weighted by atomic mass is 16.1. The van der Waals surface area contributed by atoms with Crippen LogP contribution >= 0.6 is 0 Å². The number of nitrogens with one attached hydrogen (secondary N) is 1. The highest BCUT2D eigenvalue weighted by Crippen LogP contribution is 2.15. The average Bonchev–Trinajstić information content (AvgIpc) is 2.81. The zero-order chi connectivity index (χ0) is 13.2. The molecule has 2 aromatic heterocycles. The van der Waals surface area contributed by atoms with Gasteiger partial charge in [0.05, 0.1) is 17.4 Å². The zero-order valence-corrected chi connectivity index (χ0v) is 10.4. The van der Waals surface area contributed by atoms with E-state index in [2.05, 4.69) is 15.3 Å². The van der Waals surface area contributed by atoms with Crippen molar-refractivity contribution < 1.29 is 4.79 Å². The Morgan fingerprint density at radius 2 is 2.00 bits per heavy atom. The molecule has 0 aliphatic rings. The molecule has 5 nitrogen and oxygen atoms in total. The maximum atomic E-state index is 12.1. The van der Waals surface area contributed by atoms with E-state index >= 15 is 0 Å². The smallest absolute Gasteiger partial charge is 0.255 e. The van der Waals surface area contributed by atoms with Crippen molar-refractivity contribution in [2.24, 2.45) is 7.05 Å². The summed E-state index contributed by atoms with van der Waals surface area (Å²) in [4.78, 5) is 20.3. The number of anilines is 1. The lowest BCUT2D eigenvalue weighted by Crippen LogP contribution is -2.11. The molecule has 0 bridgehead atoms. The zero-order valence-electron chi connectivity index (χ0n) is 10.4. The molecule has 1 aromatic carbocycles. The number of imidazole rings is 1. The summed E-state index contributed by atoms with van der Waals surface area (Å²) in [6, 6.07) is 8.95. The minimum Gasteiger partial charge on any atom is -0.334 e. The molecule has 5 heteroatoms. The molecule has 0 saturated heterocycles. The molecule has 1 amide bonds. The van der Waals surface area contributed by atoms with E-state index in [0.717, 1.165) is 16.7 Å². The first-order valence-electron chi connectivity index (χ1n) is 5.86. The minimum absolute atomic E-state index is 0.144. The Morgan fingerprint density at radius 1 is 1.21 bits per heavy atom. The van der Waals surface area contributed by atoms with Crippen LogP contribution in [0, 0.1) is 0 Å². The second-order valence-corrected chi connectivity index (χ2v) is 4.25. The van der Waals surface area contributed by atoms with Crippen LogP contribution in [0.3, 0.4) is 0 Å². The lowest BCUT2D eigenvalue weighted by atomic mass is 10.2. The second-order valence-electron chi connectivity index (χ2n) is 4.25. The van der Waals surface area contributed by atoms with E-state index in [4.69, 9.17) is 0 Å². The van der Waals surface area contributed by atoms with Gasteiger partial charge in [0.15, 0.2) is 0 Å². The van der Waals surface area contributed by atoms with Crippen LogP contribution in [0.4, 0.5) is 5.69 Å². The minimum atomic E-state index is -0.144. The summed E-state index contributed by atoms with van der Waals surface area (Å²) in [6.45, 7) is 0. The number of benzene rings is 1. The van der Waals surface area contributed by atoms with Crippen molar-refractivity contribution in [2.75, 3.05) is 5.32 Å². The highest BCUT2D eigenvalue weighted by molar-refractivity contribution is 6.05. The van der Waals surface area contributed by atoms with E-state index in [-0.39, 0.29) is 5.91 Å². The van der Waals surface area contributed by atoms with Crippen LogP contribution in [0.15, 0.2) is 49.1 Å². The summed E-state index contributed by atoms with van der Waals surface area (Å²) in [6.07, 6.45) is 5.01. The van der Waals surface area contributed by atoms with Crippen molar-refractivity contribution in [3.63, 3.8) is 0 Å². The Hall–Kier alpha value is -2.69. The molecule has 0 atom stereocenters. The van der Waals surface area contributed by atoms with Gasteiger partial charge in [-0.05, 0) is 30.3 Å². The summed E-state index contributed by atoms with van der Waals surface area (Å²) < 4.78 is 1.89. The first-order chi connectivity index (χ1) is 9.24. The number of aryl methyl sites for hydroxylation is 1. The van der Waals surface area contributed by atoms with Gasteiger partial charge in [0, 0.05) is 30.7 Å². The molecule has 3 rings (SSSR count). The maximum Gasteiger partial charge on any atom is 0.255 e. The topological polar surface area (TPSA) is 59.8 Å². The number of amides is 1. The van der Waals surface area contributed by atoms with Crippen LogP contribution in [-0.4, -0.2) is 20.4 Å². The second kappa shape index (κ2) is 4.53. The molecule has 0 aliphatic carbocycles. The van der Waals surface area contributed by atoms with Gasteiger partial charge in [-0.1, -0.05) is 0 Å². The fourth-order valence-corrected chi connectivity index (χ4v) is 1.91. The summed E-state index contributed by atoms with van der Waals surface area (Å²) in [5.74, 6) is -0.144. The molecule has 19 heavy (non-hydrogen) atoms. The Kier molecular flexibility index (Phi) is 2.72. The van der Waals surface area contributed by atoms with Crippen molar-refractivity contribution in [1.29, 1.82) is 0 Å². The number of hydrogen-bond donors (Lipinski definition) is 1. The lowest BCUT2D eigenvalue weighted by Gasteiger charge is -2.05. The fourth-order valence-electron chi connectivity index (χ4n) is 1.91. The third-order valence-electron chi connectivity index (χ3n) is 2.93. The molecule has 94 valence electrons. The van der Waals surface area contributed by atoms with Crippen LogP contribution in [0.5, 0.6) is 0 Å². The number of rotatable bonds is 2. The first-order valence-corrected chi connectivity index (χ1v) is 5.86. The Morgan fingerprint density at radius 3 is 2.79 bits per heavy atom. The number of hydrogen-bond acceptors (Lipinski definition) is 3. The van der Waals surface area contributed by atoms with Gasteiger partial charge in [0.1, 0.15) is 0 Å². The Balaban J connectivity index is 1.91. The van der Waals surface area contributed by atoms with Gasteiger partial charge in [-0.15, -0.1) is 0 Å². The molecule has 0 spiro atoms. The van der Waals surface area contributed by atoms with Gasteiger partial charge in [-0.2, -0.15) is 0 Å². The summed E-state index contributed by atoms with van der Waals surface area (Å²) in [7, 11) is 1.90. The normalized spacial score (nSPS) is 10.6. The van der Waals surface area contributed by atoms with E-state index in [0.29, 0.717) is 5.56 Å². The van der Waals surface area contributed by atoms with Gasteiger partial charge >= 0.3 is 0 Å². The van der Waals surface area contributed by atoms with Gasteiger partial charge in [0.2, 0.25) is 0 Å². The van der Waals surface area contributed by atoms with E-state index in [1.807, 2.05) is 23.7 Å². The maximum absolute atomic E-state index is 12.1. The third-order valence-corrected chi connectivity index (χ3v) is 2.93. The van der Waals surface area contributed by atoms with E-state index in [1.165, 1.54) is 0 Å². The largest absolute Gasteiger partial charge is 0.334 e. The Labute approximate surface area is 109 Å². The average molecular weight is 252 g/mol. The van der Waals surface area contributed by atoms with Crippen molar-refractivity contribution in [3.05, 3.63) is 54.6 Å². The number of aromatic nitrogens is 3. The Bertz CT molecular complexity index is 734. The molecule has 1 N–H and O–H groups in total. The molecule has 0 radical (unpaired) electrons. The van der Waals surface area contributed by atoms with Crippen LogP contribution in [0.1, 0.15) is 10.4 Å². The van der Waals surface area contributed by atoms with Crippen LogP contribution in [0.2, 0.25) is 0 Å². The fraction of sp³-hybridized carbons (Fsp3) is 0.0714. The number of fused-ring (bicyclic) bond motifs is 1. The van der Waals surface area contributed by atoms with Gasteiger partial charge in [-0.25, -0.2) is 4.98 Å². The van der Waals surface area contributed by atoms with E-state index < -0.39 is 0 Å². The molecule has 3 aromatic rings. The van der Waals surface area contributed by atoms with Gasteiger partial charge < -0.3 is 9.88 Å². The van der Waals surface area contributed by atoms with Crippen molar-refractivity contribution >= 4 is 22.6 Å². The quantitative estimate of drug-likeness (QED) is 0.760. The van der Waals surface area contributed by atoms with Crippen molar-refractivity contribution in [3.8, 4) is 0 Å². The van der Waals surface area contributed by atoms with Crippen LogP contribution in [-0.2, 0) is 7.05 Å². The van der Waals surface area contributed by atoms with Crippen molar-refractivity contribution in [1.82, 2.24) is 14.5 Å². The first kappa shape index (κ1) is 11.4. The predicted octanol–water partition coefficient (Wildman–Crippen LogP) is 2.22. The van der Waals surface area contributed by atoms with Gasteiger partial charge in [-0.3, -0.25) is 9.78 Å². The van der Waals surface area contributed by atoms with Gasteiger partial charge in [0.25, 0.3) is 5.91 Å². The van der Waals surface area contributed by atoms with Crippen LogP contribution < -0.4 is 5.32 Å². The molecule has 2 heterocycles. The molecule has 0 saturated carbocycles. The van der Waals surface area contributed by atoms with E-state index in [9.17, 15) is 4.79 Å². The third kappa shape index (κ3) is 2.18. The molecular formula is C14H12N4O. The predicted molar refractivity (Wildman–Crippen MR) is 72.9 cm³/mol. The number of carbonyl (C=O) groups is 1. The summed E-state index contributed by atoms with van der Waals surface area (Å²) in [5.41, 5.74) is 3.14. The summed E-state index contributed by atoms with van der Waals surface area (Å²) >= 11 is 0. The number of carbonyl (C=O) groups excluding carboxylic acids is 1. The molecular weight excluding hydrogens is 240 g/mol. The van der Waals surface area contributed by atoms with E-state index in [1.54, 1.807) is 36.9 Å². The highest BCUT2D eigenvalue weighted by Gasteiger charge is 2.08. The standard InChI is InChI=1S/C14H12N4O/c1-18-9-16-12-3-2-10(8-13(12)18)14(19)17-11-4-6-15-7-5-11/h2-9H,1H3,(H,15,17,19). The SMILES string of the molecule is Cn1cnc2ccc(C(=O)Nc3ccncc3)cc21. The monoisotopic (exact) mass is 252 g/mol.